The number of aromatic hydroxyl groups is 1. The van der Waals surface area contributed by atoms with E-state index in [-0.39, 0.29) is 11.8 Å². The second-order valence-corrected chi connectivity index (χ2v) is 5.29. The van der Waals surface area contributed by atoms with E-state index >= 15 is 0 Å². The lowest BCUT2D eigenvalue weighted by molar-refractivity contribution is 0.316. The maximum Gasteiger partial charge on any atom is 0.162 e. The van der Waals surface area contributed by atoms with Crippen LogP contribution in [0.25, 0.3) is 0 Å². The lowest BCUT2D eigenvalue weighted by Gasteiger charge is -2.16. The van der Waals surface area contributed by atoms with Gasteiger partial charge >= 0.3 is 0 Å². The molecule has 4 heteroatoms. The Bertz CT molecular complexity index is 584. The summed E-state index contributed by atoms with van der Waals surface area (Å²) >= 11 is 5.89. The first-order valence-corrected chi connectivity index (χ1v) is 7.42. The molecule has 0 aliphatic rings. The van der Waals surface area contributed by atoms with Gasteiger partial charge in [-0.1, -0.05) is 35.9 Å². The van der Waals surface area contributed by atoms with Crippen molar-refractivity contribution in [3.8, 4) is 11.5 Å². The van der Waals surface area contributed by atoms with Crippen molar-refractivity contribution in [2.75, 3.05) is 6.61 Å². The Hall–Kier alpha value is -1.71. The summed E-state index contributed by atoms with van der Waals surface area (Å²) in [5, 5.41) is 14.3. The number of rotatable bonds is 6. The van der Waals surface area contributed by atoms with E-state index in [9.17, 15) is 5.11 Å². The first-order valence-electron chi connectivity index (χ1n) is 7.04. The van der Waals surface area contributed by atoms with Gasteiger partial charge in [0.15, 0.2) is 11.5 Å². The molecular weight excluding hydrogens is 286 g/mol. The molecule has 1 atom stereocenters. The van der Waals surface area contributed by atoms with E-state index in [1.807, 2.05) is 43.3 Å². The van der Waals surface area contributed by atoms with Crippen molar-refractivity contribution < 1.29 is 9.84 Å². The minimum atomic E-state index is 0.164. The summed E-state index contributed by atoms with van der Waals surface area (Å²) in [5.74, 6) is 0.728. The maximum absolute atomic E-state index is 10.2. The van der Waals surface area contributed by atoms with Crippen molar-refractivity contribution in [3.05, 3.63) is 58.6 Å². The molecule has 0 amide bonds. The molecule has 0 aromatic heterocycles. The zero-order chi connectivity index (χ0) is 15.2. The summed E-state index contributed by atoms with van der Waals surface area (Å²) in [6.07, 6.45) is 0. The third-order valence-electron chi connectivity index (χ3n) is 3.35. The number of hydrogen-bond acceptors (Lipinski definition) is 3. The second kappa shape index (κ2) is 7.34. The van der Waals surface area contributed by atoms with Crippen LogP contribution in [0.1, 0.15) is 31.0 Å². The molecule has 0 fully saturated rings. The second-order valence-electron chi connectivity index (χ2n) is 4.85. The van der Waals surface area contributed by atoms with Crippen LogP contribution in [0.3, 0.4) is 0 Å². The molecule has 0 aliphatic carbocycles. The average Bonchev–Trinajstić information content (AvgIpc) is 2.49. The number of phenols is 1. The molecule has 0 radical (unpaired) electrons. The molecule has 0 heterocycles. The van der Waals surface area contributed by atoms with Gasteiger partial charge in [0.25, 0.3) is 0 Å². The first-order chi connectivity index (χ1) is 10.1. The Morgan fingerprint density at radius 2 is 1.90 bits per heavy atom. The average molecular weight is 306 g/mol. The number of para-hydroxylation sites is 1. The maximum atomic E-state index is 10.2. The Balaban J connectivity index is 2.02. The Morgan fingerprint density at radius 3 is 2.57 bits per heavy atom. The van der Waals surface area contributed by atoms with Crippen LogP contribution in [-0.2, 0) is 6.54 Å². The highest BCUT2D eigenvalue weighted by Crippen LogP contribution is 2.30. The Kier molecular flexibility index (Phi) is 5.48. The zero-order valence-electron chi connectivity index (χ0n) is 12.3. The molecule has 3 nitrogen and oxygen atoms in total. The molecule has 2 aromatic carbocycles. The topological polar surface area (TPSA) is 41.5 Å². The summed E-state index contributed by atoms with van der Waals surface area (Å²) < 4.78 is 5.39. The van der Waals surface area contributed by atoms with Crippen LogP contribution in [0, 0.1) is 0 Å². The SMILES string of the molecule is CCOc1cccc(CNC(C)c2ccc(Cl)cc2)c1O. The molecule has 2 aromatic rings. The number of nitrogens with one attached hydrogen (secondary N) is 1. The summed E-state index contributed by atoms with van der Waals surface area (Å²) in [6, 6.07) is 13.5. The van der Waals surface area contributed by atoms with E-state index in [1.165, 1.54) is 0 Å². The highest BCUT2D eigenvalue weighted by molar-refractivity contribution is 6.30. The molecule has 0 spiro atoms. The number of phenolic OH excluding ortho intramolecular Hbond substituents is 1. The third-order valence-corrected chi connectivity index (χ3v) is 3.60. The quantitative estimate of drug-likeness (QED) is 0.836. The molecule has 21 heavy (non-hydrogen) atoms. The summed E-state index contributed by atoms with van der Waals surface area (Å²) in [4.78, 5) is 0. The molecular formula is C17H20ClNO2. The van der Waals surface area contributed by atoms with Gasteiger partial charge in [-0.15, -0.1) is 0 Å². The highest BCUT2D eigenvalue weighted by atomic mass is 35.5. The van der Waals surface area contributed by atoms with Crippen molar-refractivity contribution in [1.82, 2.24) is 5.32 Å². The van der Waals surface area contributed by atoms with E-state index in [0.717, 1.165) is 16.1 Å². The standard InChI is InChI=1S/C17H20ClNO2/c1-3-21-16-6-4-5-14(17(16)20)11-19-12(2)13-7-9-15(18)10-8-13/h4-10,12,19-20H,3,11H2,1-2H3. The summed E-state index contributed by atoms with van der Waals surface area (Å²) in [7, 11) is 0. The van der Waals surface area contributed by atoms with Gasteiger partial charge in [0, 0.05) is 23.2 Å². The normalized spacial score (nSPS) is 12.1. The monoisotopic (exact) mass is 305 g/mol. The number of halogens is 1. The molecule has 112 valence electrons. The van der Waals surface area contributed by atoms with Crippen molar-refractivity contribution in [2.45, 2.75) is 26.4 Å². The van der Waals surface area contributed by atoms with Gasteiger partial charge in [0.2, 0.25) is 0 Å². The predicted molar refractivity (Wildman–Crippen MR) is 86.0 cm³/mol. The minimum Gasteiger partial charge on any atom is -0.504 e. The third kappa shape index (κ3) is 4.13. The lowest BCUT2D eigenvalue weighted by Crippen LogP contribution is -2.18. The van der Waals surface area contributed by atoms with Gasteiger partial charge in [0.1, 0.15) is 0 Å². The highest BCUT2D eigenvalue weighted by Gasteiger charge is 2.10. The summed E-state index contributed by atoms with van der Waals surface area (Å²) in [5.41, 5.74) is 1.97. The summed E-state index contributed by atoms with van der Waals surface area (Å²) in [6.45, 7) is 5.07. The minimum absolute atomic E-state index is 0.164. The fraction of sp³-hybridized carbons (Fsp3) is 0.294. The van der Waals surface area contributed by atoms with Crippen LogP contribution in [0.2, 0.25) is 5.02 Å². The van der Waals surface area contributed by atoms with Gasteiger partial charge in [0.05, 0.1) is 6.61 Å². The molecule has 0 saturated heterocycles. The molecule has 0 aliphatic heterocycles. The van der Waals surface area contributed by atoms with E-state index in [1.54, 1.807) is 6.07 Å². The van der Waals surface area contributed by atoms with E-state index in [2.05, 4.69) is 12.2 Å². The van der Waals surface area contributed by atoms with E-state index in [4.69, 9.17) is 16.3 Å². The van der Waals surface area contributed by atoms with Crippen molar-refractivity contribution >= 4 is 11.6 Å². The largest absolute Gasteiger partial charge is 0.504 e. The van der Waals surface area contributed by atoms with E-state index in [0.29, 0.717) is 18.9 Å². The van der Waals surface area contributed by atoms with Crippen LogP contribution in [0.5, 0.6) is 11.5 Å². The van der Waals surface area contributed by atoms with Crippen LogP contribution >= 0.6 is 11.6 Å². The van der Waals surface area contributed by atoms with Crippen LogP contribution in [-0.4, -0.2) is 11.7 Å². The van der Waals surface area contributed by atoms with Gasteiger partial charge in [-0.3, -0.25) is 0 Å². The number of benzene rings is 2. The fourth-order valence-corrected chi connectivity index (χ4v) is 2.24. The van der Waals surface area contributed by atoms with Gasteiger partial charge in [-0.05, 0) is 37.6 Å². The lowest BCUT2D eigenvalue weighted by atomic mass is 10.1. The van der Waals surface area contributed by atoms with Crippen molar-refractivity contribution in [3.63, 3.8) is 0 Å². The van der Waals surface area contributed by atoms with Gasteiger partial charge in [-0.25, -0.2) is 0 Å². The van der Waals surface area contributed by atoms with Crippen LogP contribution in [0.4, 0.5) is 0 Å². The number of ether oxygens (including phenoxy) is 1. The van der Waals surface area contributed by atoms with Crippen molar-refractivity contribution in [2.24, 2.45) is 0 Å². The molecule has 0 bridgehead atoms. The molecule has 1 unspecified atom stereocenters. The molecule has 0 saturated carbocycles. The Morgan fingerprint density at radius 1 is 1.19 bits per heavy atom. The van der Waals surface area contributed by atoms with Gasteiger partial charge < -0.3 is 15.2 Å². The Labute approximate surface area is 130 Å². The zero-order valence-corrected chi connectivity index (χ0v) is 13.0. The van der Waals surface area contributed by atoms with Crippen LogP contribution in [0.15, 0.2) is 42.5 Å². The van der Waals surface area contributed by atoms with Crippen molar-refractivity contribution in [1.29, 1.82) is 0 Å². The van der Waals surface area contributed by atoms with Gasteiger partial charge in [-0.2, -0.15) is 0 Å². The fourth-order valence-electron chi connectivity index (χ4n) is 2.11. The molecule has 2 N–H and O–H groups in total. The first kappa shape index (κ1) is 15.7. The van der Waals surface area contributed by atoms with E-state index < -0.39 is 0 Å². The smallest absolute Gasteiger partial charge is 0.162 e. The number of hydrogen-bond donors (Lipinski definition) is 2. The van der Waals surface area contributed by atoms with Crippen LogP contribution < -0.4 is 10.1 Å². The molecule has 2 rings (SSSR count). The predicted octanol–water partition coefficient (Wildman–Crippen LogP) is 4.30.